The van der Waals surface area contributed by atoms with Crippen LogP contribution in [0.15, 0.2) is 16.7 Å². The number of carboxylic acid groups (broad SMARTS) is 1. The van der Waals surface area contributed by atoms with Crippen molar-refractivity contribution in [2.75, 3.05) is 11.9 Å². The normalized spacial score (nSPS) is 10.4. The van der Waals surface area contributed by atoms with E-state index in [9.17, 15) is 4.79 Å². The lowest BCUT2D eigenvalue weighted by Crippen LogP contribution is -2.09. The standard InChI is InChI=1S/C11H11ClN4O3/c1-6-14-9(19-16-6)4-5-13-8-3-2-7(12)10(15-8)11(17)18/h2-3H,4-5H2,1H3,(H,13,15)(H,17,18). The Labute approximate surface area is 113 Å². The van der Waals surface area contributed by atoms with Crippen LogP contribution in [0.5, 0.6) is 0 Å². The summed E-state index contributed by atoms with van der Waals surface area (Å²) >= 11 is 5.72. The molecule has 0 radical (unpaired) electrons. The number of rotatable bonds is 5. The predicted molar refractivity (Wildman–Crippen MR) is 67.4 cm³/mol. The summed E-state index contributed by atoms with van der Waals surface area (Å²) in [5.41, 5.74) is -0.180. The summed E-state index contributed by atoms with van der Waals surface area (Å²) in [6, 6.07) is 3.09. The smallest absolute Gasteiger partial charge is 0.356 e. The summed E-state index contributed by atoms with van der Waals surface area (Å²) in [6.45, 7) is 2.23. The lowest BCUT2D eigenvalue weighted by Gasteiger charge is -2.05. The van der Waals surface area contributed by atoms with Crippen molar-refractivity contribution in [3.05, 3.63) is 34.6 Å². The van der Waals surface area contributed by atoms with E-state index < -0.39 is 5.97 Å². The highest BCUT2D eigenvalue weighted by molar-refractivity contribution is 6.33. The fraction of sp³-hybridized carbons (Fsp3) is 0.273. The molecule has 2 aromatic heterocycles. The number of carbonyl (C=O) groups is 1. The summed E-state index contributed by atoms with van der Waals surface area (Å²) in [4.78, 5) is 18.8. The SMILES string of the molecule is Cc1noc(CCNc2ccc(Cl)c(C(=O)O)n2)n1. The predicted octanol–water partition coefficient (Wildman–Crippen LogP) is 1.78. The van der Waals surface area contributed by atoms with Crippen molar-refractivity contribution < 1.29 is 14.4 Å². The van der Waals surface area contributed by atoms with E-state index in [2.05, 4.69) is 20.4 Å². The van der Waals surface area contributed by atoms with Crippen LogP contribution in [0.1, 0.15) is 22.2 Å². The fourth-order valence-corrected chi connectivity index (χ4v) is 1.62. The fourth-order valence-electron chi connectivity index (χ4n) is 1.43. The maximum atomic E-state index is 10.9. The summed E-state index contributed by atoms with van der Waals surface area (Å²) in [5, 5.41) is 15.6. The van der Waals surface area contributed by atoms with Gasteiger partial charge in [0.25, 0.3) is 0 Å². The third-order valence-electron chi connectivity index (χ3n) is 2.26. The van der Waals surface area contributed by atoms with E-state index in [-0.39, 0.29) is 10.7 Å². The first-order valence-electron chi connectivity index (χ1n) is 5.49. The molecule has 2 aromatic rings. The second kappa shape index (κ2) is 5.66. The molecule has 0 amide bonds. The van der Waals surface area contributed by atoms with Gasteiger partial charge in [-0.25, -0.2) is 9.78 Å². The Balaban J connectivity index is 1.96. The zero-order valence-electron chi connectivity index (χ0n) is 10.1. The van der Waals surface area contributed by atoms with Crippen LogP contribution in [0.3, 0.4) is 0 Å². The van der Waals surface area contributed by atoms with Gasteiger partial charge in [0, 0.05) is 13.0 Å². The minimum absolute atomic E-state index is 0.102. The average Bonchev–Trinajstić information content (AvgIpc) is 2.77. The van der Waals surface area contributed by atoms with Crippen molar-refractivity contribution in [1.82, 2.24) is 15.1 Å². The van der Waals surface area contributed by atoms with Crippen molar-refractivity contribution >= 4 is 23.4 Å². The molecule has 100 valence electrons. The van der Waals surface area contributed by atoms with Crippen LogP contribution in [0.4, 0.5) is 5.82 Å². The maximum absolute atomic E-state index is 10.9. The van der Waals surface area contributed by atoms with Crippen LogP contribution >= 0.6 is 11.6 Å². The molecule has 0 aliphatic heterocycles. The lowest BCUT2D eigenvalue weighted by molar-refractivity contribution is 0.0691. The molecule has 2 rings (SSSR count). The number of hydrogen-bond acceptors (Lipinski definition) is 6. The first kappa shape index (κ1) is 13.3. The summed E-state index contributed by atoms with van der Waals surface area (Å²) in [6.07, 6.45) is 0.521. The Morgan fingerprint density at radius 1 is 1.47 bits per heavy atom. The number of aromatic carboxylic acids is 1. The average molecular weight is 283 g/mol. The molecule has 8 heteroatoms. The van der Waals surface area contributed by atoms with E-state index >= 15 is 0 Å². The molecule has 19 heavy (non-hydrogen) atoms. The molecule has 7 nitrogen and oxygen atoms in total. The van der Waals surface area contributed by atoms with Crippen LogP contribution in [0.25, 0.3) is 0 Å². The molecular weight excluding hydrogens is 272 g/mol. The molecule has 0 aliphatic rings. The van der Waals surface area contributed by atoms with E-state index in [0.29, 0.717) is 30.5 Å². The number of carboxylic acids is 1. The quantitative estimate of drug-likeness (QED) is 0.862. The van der Waals surface area contributed by atoms with Crippen molar-refractivity contribution in [2.24, 2.45) is 0 Å². The third-order valence-corrected chi connectivity index (χ3v) is 2.57. The first-order chi connectivity index (χ1) is 9.06. The zero-order chi connectivity index (χ0) is 13.8. The minimum Gasteiger partial charge on any atom is -0.476 e. The number of aryl methyl sites for hydroxylation is 1. The second-order valence-electron chi connectivity index (χ2n) is 3.74. The van der Waals surface area contributed by atoms with Crippen LogP contribution < -0.4 is 5.32 Å². The van der Waals surface area contributed by atoms with Gasteiger partial charge in [0.1, 0.15) is 5.82 Å². The summed E-state index contributed by atoms with van der Waals surface area (Å²) in [7, 11) is 0. The van der Waals surface area contributed by atoms with Gasteiger partial charge in [-0.1, -0.05) is 16.8 Å². The van der Waals surface area contributed by atoms with Crippen molar-refractivity contribution in [3.8, 4) is 0 Å². The van der Waals surface area contributed by atoms with E-state index in [1.165, 1.54) is 6.07 Å². The van der Waals surface area contributed by atoms with Crippen molar-refractivity contribution in [2.45, 2.75) is 13.3 Å². The second-order valence-corrected chi connectivity index (χ2v) is 4.15. The van der Waals surface area contributed by atoms with Crippen LogP contribution in [-0.4, -0.2) is 32.7 Å². The molecule has 0 fully saturated rings. The van der Waals surface area contributed by atoms with E-state index in [4.69, 9.17) is 21.2 Å². The van der Waals surface area contributed by atoms with E-state index in [1.54, 1.807) is 13.0 Å². The third kappa shape index (κ3) is 3.41. The topological polar surface area (TPSA) is 101 Å². The molecule has 0 unspecified atom stereocenters. The van der Waals surface area contributed by atoms with Crippen LogP contribution in [-0.2, 0) is 6.42 Å². The van der Waals surface area contributed by atoms with Gasteiger partial charge in [-0.15, -0.1) is 0 Å². The van der Waals surface area contributed by atoms with Gasteiger partial charge in [-0.3, -0.25) is 0 Å². The Hall–Kier alpha value is -2.15. The maximum Gasteiger partial charge on any atom is 0.356 e. The lowest BCUT2D eigenvalue weighted by atomic mass is 10.3. The summed E-state index contributed by atoms with van der Waals surface area (Å²) in [5.74, 6) is 0.351. The number of halogens is 1. The molecule has 0 saturated heterocycles. The molecule has 0 saturated carbocycles. The molecule has 0 bridgehead atoms. The largest absolute Gasteiger partial charge is 0.476 e. The van der Waals surface area contributed by atoms with Gasteiger partial charge in [0.2, 0.25) is 5.89 Å². The van der Waals surface area contributed by atoms with Gasteiger partial charge in [-0.05, 0) is 19.1 Å². The number of aromatic nitrogens is 3. The highest BCUT2D eigenvalue weighted by Gasteiger charge is 2.11. The molecular formula is C11H11ClN4O3. The molecule has 0 aliphatic carbocycles. The molecule has 0 spiro atoms. The van der Waals surface area contributed by atoms with E-state index in [0.717, 1.165) is 0 Å². The molecule has 0 aromatic carbocycles. The Kier molecular flexibility index (Phi) is 3.96. The van der Waals surface area contributed by atoms with Crippen molar-refractivity contribution in [3.63, 3.8) is 0 Å². The van der Waals surface area contributed by atoms with Crippen LogP contribution in [0.2, 0.25) is 5.02 Å². The minimum atomic E-state index is -1.17. The highest BCUT2D eigenvalue weighted by atomic mass is 35.5. The Morgan fingerprint density at radius 2 is 2.26 bits per heavy atom. The number of nitrogens with zero attached hydrogens (tertiary/aromatic N) is 3. The van der Waals surface area contributed by atoms with Crippen molar-refractivity contribution in [1.29, 1.82) is 0 Å². The van der Waals surface area contributed by atoms with Gasteiger partial charge >= 0.3 is 5.97 Å². The molecule has 2 N–H and O–H groups in total. The first-order valence-corrected chi connectivity index (χ1v) is 5.87. The monoisotopic (exact) mass is 282 g/mol. The summed E-state index contributed by atoms with van der Waals surface area (Å²) < 4.78 is 4.95. The molecule has 0 atom stereocenters. The van der Waals surface area contributed by atoms with Crippen LogP contribution in [0, 0.1) is 6.92 Å². The van der Waals surface area contributed by atoms with Gasteiger partial charge in [-0.2, -0.15) is 4.98 Å². The Bertz CT molecular complexity index is 599. The number of anilines is 1. The zero-order valence-corrected chi connectivity index (χ0v) is 10.8. The number of hydrogen-bond donors (Lipinski definition) is 2. The van der Waals surface area contributed by atoms with Gasteiger partial charge in [0.15, 0.2) is 11.5 Å². The number of nitrogens with one attached hydrogen (secondary N) is 1. The van der Waals surface area contributed by atoms with Gasteiger partial charge in [0.05, 0.1) is 5.02 Å². The van der Waals surface area contributed by atoms with E-state index in [1.807, 2.05) is 0 Å². The Morgan fingerprint density at radius 3 is 2.89 bits per heavy atom. The van der Waals surface area contributed by atoms with Gasteiger partial charge < -0.3 is 14.9 Å². The number of pyridine rings is 1. The highest BCUT2D eigenvalue weighted by Crippen LogP contribution is 2.16. The molecule has 2 heterocycles.